The van der Waals surface area contributed by atoms with E-state index in [0.29, 0.717) is 10.5 Å². The zero-order valence-electron chi connectivity index (χ0n) is 9.76. The second kappa shape index (κ2) is 5.79. The van der Waals surface area contributed by atoms with Crippen molar-refractivity contribution >= 4 is 15.7 Å². The minimum Gasteiger partial charge on any atom is -0.465 e. The Morgan fingerprint density at radius 2 is 1.88 bits per heavy atom. The molecule has 1 aromatic carbocycles. The molecule has 0 aliphatic carbocycles. The Hall–Kier alpha value is -1.40. The molecule has 6 heteroatoms. The van der Waals surface area contributed by atoms with E-state index in [0.717, 1.165) is 0 Å². The van der Waals surface area contributed by atoms with Crippen LogP contribution in [0.3, 0.4) is 0 Å². The normalized spacial score (nSPS) is 14.0. The lowest BCUT2D eigenvalue weighted by Gasteiger charge is -2.07. The summed E-state index contributed by atoms with van der Waals surface area (Å²) in [4.78, 5) is 11.6. The summed E-state index contributed by atoms with van der Waals surface area (Å²) in [6.45, 7) is 0.265. The van der Waals surface area contributed by atoms with Crippen LogP contribution in [0.4, 0.5) is 0 Å². The van der Waals surface area contributed by atoms with E-state index in [9.17, 15) is 9.00 Å². The monoisotopic (exact) mass is 257 g/mol. The molecule has 0 heterocycles. The molecule has 0 aliphatic heterocycles. The molecule has 5 nitrogen and oxygen atoms in total. The van der Waals surface area contributed by atoms with Gasteiger partial charge in [-0.2, -0.15) is 0 Å². The van der Waals surface area contributed by atoms with E-state index in [1.807, 2.05) is 0 Å². The van der Waals surface area contributed by atoms with E-state index in [4.69, 9.17) is 9.52 Å². The van der Waals surface area contributed by atoms with E-state index in [2.05, 4.69) is 4.74 Å². The quantitative estimate of drug-likeness (QED) is 0.811. The molecule has 0 radical (unpaired) electrons. The summed E-state index contributed by atoms with van der Waals surface area (Å²) in [6.07, 6.45) is 0. The van der Waals surface area contributed by atoms with Crippen molar-refractivity contribution in [2.45, 2.75) is 4.90 Å². The van der Waals surface area contributed by atoms with E-state index in [1.165, 1.54) is 38.5 Å². The first kappa shape index (κ1) is 13.7. The first-order valence-electron chi connectivity index (χ1n) is 4.95. The molecule has 0 amide bonds. The third-order valence-electron chi connectivity index (χ3n) is 2.23. The summed E-state index contributed by atoms with van der Waals surface area (Å²) < 4.78 is 29.0. The number of rotatable bonds is 5. The highest BCUT2D eigenvalue weighted by Gasteiger charge is 2.11. The average Bonchev–Trinajstić information content (AvgIpc) is 2.35. The van der Waals surface area contributed by atoms with Crippen LogP contribution in [-0.4, -0.2) is 36.8 Å². The zero-order valence-corrected chi connectivity index (χ0v) is 10.6. The fraction of sp³-hybridized carbons (Fsp3) is 0.364. The Kier molecular flexibility index (Phi) is 4.65. The van der Waals surface area contributed by atoms with E-state index < -0.39 is 15.7 Å². The molecule has 1 rings (SSSR count). The summed E-state index contributed by atoms with van der Waals surface area (Å²) in [5.74, 6) is -0.314. The van der Waals surface area contributed by atoms with E-state index >= 15 is 0 Å². The molecule has 1 aromatic rings. The Labute approximate surface area is 101 Å². The van der Waals surface area contributed by atoms with Crippen LogP contribution in [0.1, 0.15) is 10.4 Å². The molecule has 94 valence electrons. The van der Waals surface area contributed by atoms with Crippen LogP contribution in [0.2, 0.25) is 0 Å². The lowest BCUT2D eigenvalue weighted by atomic mass is 10.2. The first-order valence-corrected chi connectivity index (χ1v) is 6.68. The van der Waals surface area contributed by atoms with Gasteiger partial charge in [-0.1, -0.05) is 0 Å². The molecule has 0 aromatic heterocycles. The minimum absolute atomic E-state index is 0.140. The number of nitrogens with one attached hydrogen (secondary N) is 1. The Bertz CT molecular complexity index is 479. The zero-order chi connectivity index (χ0) is 12.9. The molecule has 1 unspecified atom stereocenters. The highest BCUT2D eigenvalue weighted by molar-refractivity contribution is 7.92. The van der Waals surface area contributed by atoms with Gasteiger partial charge in [-0.3, -0.25) is 0 Å². The van der Waals surface area contributed by atoms with Gasteiger partial charge < -0.3 is 9.47 Å². The van der Waals surface area contributed by atoms with Gasteiger partial charge in [-0.25, -0.2) is 13.8 Å². The Morgan fingerprint density at radius 3 is 2.35 bits per heavy atom. The molecular formula is C11H15NO4S. The molecule has 0 bridgehead atoms. The number of esters is 1. The van der Waals surface area contributed by atoms with Crippen LogP contribution >= 0.6 is 0 Å². The van der Waals surface area contributed by atoms with Crippen LogP contribution in [0.5, 0.6) is 0 Å². The predicted octanol–water partition coefficient (Wildman–Crippen LogP) is 1.53. The lowest BCUT2D eigenvalue weighted by molar-refractivity contribution is 0.0600. The van der Waals surface area contributed by atoms with Crippen LogP contribution in [0, 0.1) is 4.78 Å². The molecule has 0 fully saturated rings. The molecule has 0 aliphatic rings. The number of hydrogen-bond acceptors (Lipinski definition) is 5. The number of carbonyl (C=O) groups excluding carboxylic acids is 1. The van der Waals surface area contributed by atoms with Crippen molar-refractivity contribution in [1.82, 2.24) is 0 Å². The van der Waals surface area contributed by atoms with Gasteiger partial charge in [0.15, 0.2) is 0 Å². The smallest absolute Gasteiger partial charge is 0.337 e. The van der Waals surface area contributed by atoms with Crippen molar-refractivity contribution in [3.05, 3.63) is 29.8 Å². The topological polar surface area (TPSA) is 76.5 Å². The van der Waals surface area contributed by atoms with Crippen molar-refractivity contribution in [3.63, 3.8) is 0 Å². The maximum atomic E-state index is 12.0. The average molecular weight is 257 g/mol. The molecule has 1 N–H and O–H groups in total. The van der Waals surface area contributed by atoms with Crippen LogP contribution < -0.4 is 0 Å². The molecule has 0 spiro atoms. The van der Waals surface area contributed by atoms with Gasteiger partial charge in [0.25, 0.3) is 0 Å². The summed E-state index contributed by atoms with van der Waals surface area (Å²) in [6, 6.07) is 6.03. The van der Waals surface area contributed by atoms with Crippen LogP contribution in [0.15, 0.2) is 29.2 Å². The standard InChI is InChI=1S/C11H15NO4S/c1-15-7-8-17(12,14)10-5-3-9(4-6-10)11(13)16-2/h3-6,12H,7-8H2,1-2H3. The van der Waals surface area contributed by atoms with Crippen molar-refractivity contribution in [1.29, 1.82) is 4.78 Å². The fourth-order valence-corrected chi connectivity index (χ4v) is 2.46. The lowest BCUT2D eigenvalue weighted by Crippen LogP contribution is -2.10. The summed E-state index contributed by atoms with van der Waals surface area (Å²) in [7, 11) is -0.0587. The van der Waals surface area contributed by atoms with Crippen molar-refractivity contribution in [2.75, 3.05) is 26.6 Å². The first-order chi connectivity index (χ1) is 8.01. The highest BCUT2D eigenvalue weighted by Crippen LogP contribution is 2.13. The van der Waals surface area contributed by atoms with Crippen LogP contribution in [-0.2, 0) is 19.2 Å². The maximum Gasteiger partial charge on any atom is 0.337 e. The maximum absolute atomic E-state index is 12.0. The van der Waals surface area contributed by atoms with Gasteiger partial charge in [-0.05, 0) is 24.3 Å². The Morgan fingerprint density at radius 1 is 1.29 bits per heavy atom. The van der Waals surface area contributed by atoms with Crippen molar-refractivity contribution in [3.8, 4) is 0 Å². The third-order valence-corrected chi connectivity index (χ3v) is 4.01. The summed E-state index contributed by atoms with van der Waals surface area (Å²) in [5, 5.41) is 0. The minimum atomic E-state index is -2.85. The molecule has 17 heavy (non-hydrogen) atoms. The molecule has 0 saturated heterocycles. The van der Waals surface area contributed by atoms with E-state index in [1.54, 1.807) is 0 Å². The predicted molar refractivity (Wildman–Crippen MR) is 63.7 cm³/mol. The largest absolute Gasteiger partial charge is 0.465 e. The van der Waals surface area contributed by atoms with Gasteiger partial charge in [0, 0.05) is 12.0 Å². The van der Waals surface area contributed by atoms with Gasteiger partial charge in [0.2, 0.25) is 0 Å². The number of hydrogen-bond donors (Lipinski definition) is 1. The van der Waals surface area contributed by atoms with Crippen molar-refractivity contribution in [2.24, 2.45) is 0 Å². The van der Waals surface area contributed by atoms with Crippen LogP contribution in [0.25, 0.3) is 0 Å². The number of carbonyl (C=O) groups is 1. The second-order valence-corrected chi connectivity index (χ2v) is 5.62. The van der Waals surface area contributed by atoms with Gasteiger partial charge in [0.1, 0.15) is 0 Å². The number of ether oxygens (including phenoxy) is 2. The van der Waals surface area contributed by atoms with Gasteiger partial charge in [0.05, 0.1) is 34.8 Å². The number of methoxy groups -OCH3 is 2. The highest BCUT2D eigenvalue weighted by atomic mass is 32.2. The van der Waals surface area contributed by atoms with Gasteiger partial charge >= 0.3 is 5.97 Å². The number of benzene rings is 1. The molecular weight excluding hydrogens is 242 g/mol. The Balaban J connectivity index is 2.91. The molecule has 1 atom stereocenters. The molecule has 0 saturated carbocycles. The third kappa shape index (κ3) is 3.54. The fourth-order valence-electron chi connectivity index (χ4n) is 1.25. The van der Waals surface area contributed by atoms with Crippen molar-refractivity contribution < 1.29 is 18.5 Å². The van der Waals surface area contributed by atoms with Gasteiger partial charge in [-0.15, -0.1) is 0 Å². The van der Waals surface area contributed by atoms with E-state index in [-0.39, 0.29) is 12.4 Å². The summed E-state index contributed by atoms with van der Waals surface area (Å²) in [5.41, 5.74) is 0.373. The SMILES string of the molecule is COCCS(=N)(=O)c1ccc(C(=O)OC)cc1. The summed E-state index contributed by atoms with van der Waals surface area (Å²) >= 11 is 0. The second-order valence-electron chi connectivity index (χ2n) is 3.39.